The summed E-state index contributed by atoms with van der Waals surface area (Å²) < 4.78 is 29.7. The number of primary amides is 1. The van der Waals surface area contributed by atoms with Crippen molar-refractivity contribution in [2.24, 2.45) is 5.73 Å². The molecule has 0 atom stereocenters. The number of fused-ring (bicyclic) bond motifs is 3. The van der Waals surface area contributed by atoms with Gasteiger partial charge >= 0.3 is 0 Å². The van der Waals surface area contributed by atoms with Gasteiger partial charge in [0, 0.05) is 27.4 Å². The maximum atomic E-state index is 14.2. The summed E-state index contributed by atoms with van der Waals surface area (Å²) in [5, 5.41) is 10.9. The number of hydrogen-bond acceptors (Lipinski definition) is 2. The Hall–Kier alpha value is -3.25. The summed E-state index contributed by atoms with van der Waals surface area (Å²) in [6, 6.07) is 14.5. The molecule has 1 amide bonds. The molecule has 1 heterocycles. The van der Waals surface area contributed by atoms with E-state index in [4.69, 9.17) is 5.73 Å². The molecule has 0 aliphatic rings. The van der Waals surface area contributed by atoms with Gasteiger partial charge in [0.15, 0.2) is 11.6 Å². The largest absolute Gasteiger partial charge is 0.392 e. The lowest BCUT2D eigenvalue weighted by Crippen LogP contribution is -2.11. The number of aliphatic hydroxyl groups excluding tert-OH is 1. The van der Waals surface area contributed by atoms with Crippen LogP contribution in [0.1, 0.15) is 21.5 Å². The maximum Gasteiger partial charge on any atom is 0.249 e. The normalized spacial score (nSPS) is 11.4. The Bertz CT molecular complexity index is 1200. The first kappa shape index (κ1) is 17.2. The Balaban J connectivity index is 2.06. The quantitative estimate of drug-likeness (QED) is 0.578. The van der Waals surface area contributed by atoms with Crippen molar-refractivity contribution >= 4 is 27.7 Å². The predicted octanol–water partition coefficient (Wildman–Crippen LogP) is 3.71. The summed E-state index contributed by atoms with van der Waals surface area (Å²) in [6.07, 6.45) is 0. The second kappa shape index (κ2) is 6.48. The van der Waals surface area contributed by atoms with Gasteiger partial charge in [-0.05, 0) is 29.8 Å². The summed E-state index contributed by atoms with van der Waals surface area (Å²) in [5.74, 6) is -2.39. The highest BCUT2D eigenvalue weighted by molar-refractivity contribution is 6.17. The number of carbonyl (C=O) groups excluding carboxylic acids is 1. The Kier molecular flexibility index (Phi) is 4.12. The van der Waals surface area contributed by atoms with Gasteiger partial charge < -0.3 is 15.4 Å². The van der Waals surface area contributed by atoms with Crippen LogP contribution in [0.15, 0.2) is 54.6 Å². The minimum absolute atomic E-state index is 0.0701. The number of nitrogens with zero attached hydrogens (tertiary/aromatic N) is 1. The van der Waals surface area contributed by atoms with Crippen LogP contribution in [0.4, 0.5) is 8.78 Å². The van der Waals surface area contributed by atoms with Gasteiger partial charge in [0.2, 0.25) is 5.91 Å². The minimum atomic E-state index is -0.915. The highest BCUT2D eigenvalue weighted by atomic mass is 19.2. The Morgan fingerprint density at radius 2 is 1.81 bits per heavy atom. The van der Waals surface area contributed by atoms with Crippen LogP contribution in [0.2, 0.25) is 0 Å². The summed E-state index contributed by atoms with van der Waals surface area (Å²) in [4.78, 5) is 11.9. The molecule has 0 bridgehead atoms. The van der Waals surface area contributed by atoms with Crippen molar-refractivity contribution in [1.29, 1.82) is 0 Å². The number of nitrogens with two attached hydrogens (primary N) is 1. The van der Waals surface area contributed by atoms with Gasteiger partial charge in [-0.15, -0.1) is 0 Å². The van der Waals surface area contributed by atoms with Gasteiger partial charge in [-0.2, -0.15) is 0 Å². The maximum absolute atomic E-state index is 14.2. The number of rotatable bonds is 4. The van der Waals surface area contributed by atoms with Crippen LogP contribution in [0, 0.1) is 11.6 Å². The molecule has 0 saturated heterocycles. The van der Waals surface area contributed by atoms with Gasteiger partial charge in [-0.3, -0.25) is 4.79 Å². The van der Waals surface area contributed by atoms with E-state index in [0.29, 0.717) is 27.5 Å². The van der Waals surface area contributed by atoms with Crippen LogP contribution in [0.3, 0.4) is 0 Å². The van der Waals surface area contributed by atoms with Crippen molar-refractivity contribution in [3.05, 3.63) is 82.9 Å². The summed E-state index contributed by atoms with van der Waals surface area (Å²) in [5.41, 5.74) is 8.13. The Morgan fingerprint density at radius 1 is 1.04 bits per heavy atom. The smallest absolute Gasteiger partial charge is 0.249 e. The Labute approximate surface area is 153 Å². The van der Waals surface area contributed by atoms with E-state index in [1.165, 1.54) is 12.1 Å². The van der Waals surface area contributed by atoms with E-state index in [1.807, 2.05) is 0 Å². The third kappa shape index (κ3) is 2.74. The molecule has 0 unspecified atom stereocenters. The van der Waals surface area contributed by atoms with E-state index < -0.39 is 17.5 Å². The predicted molar refractivity (Wildman–Crippen MR) is 99.3 cm³/mol. The molecule has 4 rings (SSSR count). The van der Waals surface area contributed by atoms with Crippen molar-refractivity contribution in [1.82, 2.24) is 4.57 Å². The topological polar surface area (TPSA) is 68.2 Å². The fraction of sp³-hybridized carbons (Fsp3) is 0.0952. The molecule has 3 N–H and O–H groups in total. The molecule has 4 aromatic rings. The lowest BCUT2D eigenvalue weighted by molar-refractivity contribution is 0.100. The van der Waals surface area contributed by atoms with Crippen molar-refractivity contribution in [2.45, 2.75) is 13.2 Å². The third-order valence-corrected chi connectivity index (χ3v) is 4.76. The van der Waals surface area contributed by atoms with Crippen LogP contribution in [-0.2, 0) is 13.2 Å². The monoisotopic (exact) mass is 366 g/mol. The molecule has 0 aliphatic heterocycles. The molecule has 0 saturated carbocycles. The first-order valence-corrected chi connectivity index (χ1v) is 8.38. The zero-order valence-corrected chi connectivity index (χ0v) is 14.2. The fourth-order valence-corrected chi connectivity index (χ4v) is 3.50. The summed E-state index contributed by atoms with van der Waals surface area (Å²) in [6.45, 7) is -0.0881. The lowest BCUT2D eigenvalue weighted by atomic mass is 10.0. The van der Waals surface area contributed by atoms with Crippen molar-refractivity contribution in [3.8, 4) is 0 Å². The highest BCUT2D eigenvalue weighted by Crippen LogP contribution is 2.33. The van der Waals surface area contributed by atoms with Crippen LogP contribution >= 0.6 is 0 Å². The first-order chi connectivity index (χ1) is 13.0. The number of hydrogen-bond donors (Lipinski definition) is 2. The van der Waals surface area contributed by atoms with E-state index in [9.17, 15) is 18.7 Å². The number of benzene rings is 3. The van der Waals surface area contributed by atoms with E-state index in [2.05, 4.69) is 0 Å². The SMILES string of the molecule is NC(=O)c1cccc2c1c1ccc(CO)cc1n2Cc1cccc(F)c1F. The van der Waals surface area contributed by atoms with Gasteiger partial charge in [-0.1, -0.05) is 30.3 Å². The van der Waals surface area contributed by atoms with Gasteiger partial charge in [0.1, 0.15) is 0 Å². The van der Waals surface area contributed by atoms with Crippen LogP contribution in [0.25, 0.3) is 21.8 Å². The Morgan fingerprint density at radius 3 is 2.56 bits per heavy atom. The van der Waals surface area contributed by atoms with Crippen LogP contribution < -0.4 is 5.73 Å². The second-order valence-electron chi connectivity index (χ2n) is 6.37. The number of carbonyl (C=O) groups is 1. The van der Waals surface area contributed by atoms with Crippen LogP contribution in [0.5, 0.6) is 0 Å². The average Bonchev–Trinajstić information content (AvgIpc) is 2.98. The molecule has 27 heavy (non-hydrogen) atoms. The number of halogens is 2. The van der Waals surface area contributed by atoms with Gasteiger partial charge in [0.25, 0.3) is 0 Å². The fourth-order valence-electron chi connectivity index (χ4n) is 3.50. The van der Waals surface area contributed by atoms with E-state index in [0.717, 1.165) is 11.5 Å². The number of aliphatic hydroxyl groups is 1. The van der Waals surface area contributed by atoms with Crippen molar-refractivity contribution < 1.29 is 18.7 Å². The third-order valence-electron chi connectivity index (χ3n) is 4.76. The number of aromatic nitrogens is 1. The molecule has 0 fully saturated rings. The van der Waals surface area contributed by atoms with E-state index >= 15 is 0 Å². The van der Waals surface area contributed by atoms with Crippen molar-refractivity contribution in [3.63, 3.8) is 0 Å². The highest BCUT2D eigenvalue weighted by Gasteiger charge is 2.18. The van der Waals surface area contributed by atoms with Crippen molar-refractivity contribution in [2.75, 3.05) is 0 Å². The number of amides is 1. The van der Waals surface area contributed by atoms with Crippen LogP contribution in [-0.4, -0.2) is 15.6 Å². The zero-order valence-electron chi connectivity index (χ0n) is 14.2. The lowest BCUT2D eigenvalue weighted by Gasteiger charge is -2.10. The zero-order chi connectivity index (χ0) is 19.1. The molecule has 4 nitrogen and oxygen atoms in total. The summed E-state index contributed by atoms with van der Waals surface area (Å²) >= 11 is 0. The second-order valence-corrected chi connectivity index (χ2v) is 6.37. The molecule has 0 radical (unpaired) electrons. The standard InChI is InChI=1S/C21H16F2N2O2/c22-16-5-1-3-13(20(16)23)10-25-17-6-2-4-15(21(24)27)19(17)14-8-7-12(11-26)9-18(14)25/h1-9,26H,10-11H2,(H2,24,27). The van der Waals surface area contributed by atoms with E-state index in [1.54, 1.807) is 41.0 Å². The summed E-state index contributed by atoms with van der Waals surface area (Å²) in [7, 11) is 0. The molecular weight excluding hydrogens is 350 g/mol. The molecule has 6 heteroatoms. The molecular formula is C21H16F2N2O2. The molecule has 3 aromatic carbocycles. The minimum Gasteiger partial charge on any atom is -0.392 e. The molecule has 1 aromatic heterocycles. The van der Waals surface area contributed by atoms with Gasteiger partial charge in [0.05, 0.1) is 18.7 Å². The molecule has 136 valence electrons. The van der Waals surface area contributed by atoms with Gasteiger partial charge in [-0.25, -0.2) is 8.78 Å². The van der Waals surface area contributed by atoms with E-state index in [-0.39, 0.29) is 18.7 Å². The molecule has 0 spiro atoms. The molecule has 0 aliphatic carbocycles. The average molecular weight is 366 g/mol. The first-order valence-electron chi connectivity index (χ1n) is 8.38.